The summed E-state index contributed by atoms with van der Waals surface area (Å²) in [6.07, 6.45) is -0.187. The second-order valence-corrected chi connectivity index (χ2v) is 3.71. The summed E-state index contributed by atoms with van der Waals surface area (Å²) in [6.45, 7) is 1.34. The van der Waals surface area contributed by atoms with Gasteiger partial charge in [0, 0.05) is 0 Å². The van der Waals surface area contributed by atoms with E-state index >= 15 is 0 Å². The first-order valence-electron chi connectivity index (χ1n) is 5.28. The zero-order chi connectivity index (χ0) is 13.7. The summed E-state index contributed by atoms with van der Waals surface area (Å²) >= 11 is 0. The molecule has 0 atom stereocenters. The molecule has 0 radical (unpaired) electrons. The van der Waals surface area contributed by atoms with Gasteiger partial charge in [0.25, 0.3) is 0 Å². The molecule has 1 aromatic rings. The van der Waals surface area contributed by atoms with Crippen molar-refractivity contribution in [3.8, 4) is 5.75 Å². The summed E-state index contributed by atoms with van der Waals surface area (Å²) in [5.41, 5.74) is 0.564. The maximum Gasteiger partial charge on any atom is 0.337 e. The number of ether oxygens (including phenoxy) is 2. The van der Waals surface area contributed by atoms with E-state index in [-0.39, 0.29) is 34.9 Å². The molecular formula is C13H14O5. The molecule has 5 heteroatoms. The number of hydrogen-bond donors (Lipinski definition) is 0. The Labute approximate surface area is 105 Å². The number of esters is 1. The molecule has 0 bridgehead atoms. The molecule has 18 heavy (non-hydrogen) atoms. The Morgan fingerprint density at radius 3 is 2.33 bits per heavy atom. The molecule has 0 spiro atoms. The number of benzene rings is 1. The number of hydrogen-bond acceptors (Lipinski definition) is 5. The van der Waals surface area contributed by atoms with Crippen LogP contribution in [0.15, 0.2) is 18.2 Å². The molecule has 0 aliphatic heterocycles. The highest BCUT2D eigenvalue weighted by Crippen LogP contribution is 2.22. The van der Waals surface area contributed by atoms with E-state index in [2.05, 4.69) is 4.74 Å². The number of carbonyl (C=O) groups is 3. The van der Waals surface area contributed by atoms with Crippen LogP contribution in [0.5, 0.6) is 5.75 Å². The SMILES string of the molecule is COC(=O)c1ccc(C(=O)CC(C)=O)c(OC)c1. The lowest BCUT2D eigenvalue weighted by Crippen LogP contribution is -2.08. The van der Waals surface area contributed by atoms with Crippen molar-refractivity contribution in [1.29, 1.82) is 0 Å². The quantitative estimate of drug-likeness (QED) is 0.451. The van der Waals surface area contributed by atoms with Gasteiger partial charge in [0.15, 0.2) is 5.78 Å². The normalized spacial score (nSPS) is 9.72. The van der Waals surface area contributed by atoms with Crippen LogP contribution in [0.25, 0.3) is 0 Å². The van der Waals surface area contributed by atoms with Crippen LogP contribution in [-0.4, -0.2) is 31.8 Å². The van der Waals surface area contributed by atoms with Crippen molar-refractivity contribution in [2.45, 2.75) is 13.3 Å². The van der Waals surface area contributed by atoms with E-state index in [1.807, 2.05) is 0 Å². The van der Waals surface area contributed by atoms with Gasteiger partial charge < -0.3 is 9.47 Å². The van der Waals surface area contributed by atoms with Crippen molar-refractivity contribution in [2.24, 2.45) is 0 Å². The fourth-order valence-corrected chi connectivity index (χ4v) is 1.49. The zero-order valence-corrected chi connectivity index (χ0v) is 10.5. The first-order valence-corrected chi connectivity index (χ1v) is 5.28. The van der Waals surface area contributed by atoms with Gasteiger partial charge in [-0.2, -0.15) is 0 Å². The number of carbonyl (C=O) groups excluding carboxylic acids is 3. The van der Waals surface area contributed by atoms with Crippen molar-refractivity contribution in [2.75, 3.05) is 14.2 Å². The van der Waals surface area contributed by atoms with Gasteiger partial charge in [-0.1, -0.05) is 0 Å². The Bertz CT molecular complexity index is 490. The van der Waals surface area contributed by atoms with E-state index in [4.69, 9.17) is 4.74 Å². The van der Waals surface area contributed by atoms with Crippen LogP contribution in [-0.2, 0) is 9.53 Å². The van der Waals surface area contributed by atoms with E-state index in [1.165, 1.54) is 39.3 Å². The molecule has 0 fully saturated rings. The van der Waals surface area contributed by atoms with E-state index in [0.717, 1.165) is 0 Å². The zero-order valence-electron chi connectivity index (χ0n) is 10.5. The van der Waals surface area contributed by atoms with Gasteiger partial charge in [-0.05, 0) is 25.1 Å². The fourth-order valence-electron chi connectivity index (χ4n) is 1.49. The third-order valence-corrected chi connectivity index (χ3v) is 2.33. The van der Waals surface area contributed by atoms with E-state index < -0.39 is 5.97 Å². The molecule has 0 aliphatic rings. The Morgan fingerprint density at radius 1 is 1.17 bits per heavy atom. The molecule has 1 aromatic carbocycles. The maximum absolute atomic E-state index is 11.8. The average Bonchev–Trinajstić information content (AvgIpc) is 2.36. The molecule has 0 aliphatic carbocycles. The van der Waals surface area contributed by atoms with E-state index in [9.17, 15) is 14.4 Å². The molecule has 0 saturated carbocycles. The standard InChI is InChI=1S/C13H14O5/c1-8(14)6-11(15)10-5-4-9(13(16)18-3)7-12(10)17-2/h4-5,7H,6H2,1-3H3. The smallest absolute Gasteiger partial charge is 0.337 e. The van der Waals surface area contributed by atoms with Gasteiger partial charge in [0.1, 0.15) is 11.5 Å². The fraction of sp³-hybridized carbons (Fsp3) is 0.308. The number of rotatable bonds is 5. The molecule has 0 N–H and O–H groups in total. The monoisotopic (exact) mass is 250 g/mol. The molecule has 0 unspecified atom stereocenters. The summed E-state index contributed by atoms with van der Waals surface area (Å²) in [5.74, 6) is -0.821. The van der Waals surface area contributed by atoms with Gasteiger partial charge in [0.05, 0.1) is 31.8 Å². The van der Waals surface area contributed by atoms with Crippen LogP contribution in [0, 0.1) is 0 Å². The van der Waals surface area contributed by atoms with Crippen molar-refractivity contribution in [3.63, 3.8) is 0 Å². The lowest BCUT2D eigenvalue weighted by molar-refractivity contribution is -0.116. The first kappa shape index (κ1) is 13.9. The average molecular weight is 250 g/mol. The Kier molecular flexibility index (Phi) is 4.59. The summed E-state index contributed by atoms with van der Waals surface area (Å²) in [7, 11) is 2.66. The van der Waals surface area contributed by atoms with Crippen LogP contribution in [0.1, 0.15) is 34.1 Å². The van der Waals surface area contributed by atoms with Crippen molar-refractivity contribution >= 4 is 17.5 Å². The van der Waals surface area contributed by atoms with Gasteiger partial charge in [-0.15, -0.1) is 0 Å². The first-order chi connectivity index (χ1) is 8.49. The van der Waals surface area contributed by atoms with E-state index in [1.54, 1.807) is 0 Å². The molecular weight excluding hydrogens is 236 g/mol. The van der Waals surface area contributed by atoms with Crippen molar-refractivity contribution < 1.29 is 23.9 Å². The summed E-state index contributed by atoms with van der Waals surface area (Å²) in [4.78, 5) is 34.0. The summed E-state index contributed by atoms with van der Waals surface area (Å²) < 4.78 is 9.61. The van der Waals surface area contributed by atoms with Gasteiger partial charge >= 0.3 is 5.97 Å². The van der Waals surface area contributed by atoms with Gasteiger partial charge in [-0.25, -0.2) is 4.79 Å². The third-order valence-electron chi connectivity index (χ3n) is 2.33. The number of methoxy groups -OCH3 is 2. The number of Topliss-reactive ketones (excluding diaryl/α,β-unsaturated/α-hetero) is 2. The highest BCUT2D eigenvalue weighted by molar-refractivity contribution is 6.09. The molecule has 0 heterocycles. The summed E-state index contributed by atoms with van der Waals surface area (Å²) in [6, 6.07) is 4.33. The minimum absolute atomic E-state index is 0.187. The Hall–Kier alpha value is -2.17. The predicted octanol–water partition coefficient (Wildman–Crippen LogP) is 1.64. The molecule has 5 nitrogen and oxygen atoms in total. The van der Waals surface area contributed by atoms with Crippen molar-refractivity contribution in [3.05, 3.63) is 29.3 Å². The Balaban J connectivity index is 3.11. The highest BCUT2D eigenvalue weighted by atomic mass is 16.5. The minimum atomic E-state index is -0.515. The summed E-state index contributed by atoms with van der Waals surface area (Å²) in [5, 5.41) is 0. The predicted molar refractivity (Wildman–Crippen MR) is 64.0 cm³/mol. The lowest BCUT2D eigenvalue weighted by atomic mass is 10.0. The molecule has 96 valence electrons. The van der Waals surface area contributed by atoms with Gasteiger partial charge in [-0.3, -0.25) is 9.59 Å². The molecule has 1 rings (SSSR count). The Morgan fingerprint density at radius 2 is 1.83 bits per heavy atom. The van der Waals surface area contributed by atoms with Gasteiger partial charge in [0.2, 0.25) is 0 Å². The van der Waals surface area contributed by atoms with Crippen LogP contribution >= 0.6 is 0 Å². The highest BCUT2D eigenvalue weighted by Gasteiger charge is 2.16. The van der Waals surface area contributed by atoms with Crippen LogP contribution in [0.4, 0.5) is 0 Å². The van der Waals surface area contributed by atoms with Crippen LogP contribution < -0.4 is 4.74 Å². The lowest BCUT2D eigenvalue weighted by Gasteiger charge is -2.08. The molecule has 0 aromatic heterocycles. The van der Waals surface area contributed by atoms with Crippen LogP contribution in [0.2, 0.25) is 0 Å². The van der Waals surface area contributed by atoms with E-state index in [0.29, 0.717) is 0 Å². The number of ketones is 2. The topological polar surface area (TPSA) is 69.7 Å². The second-order valence-electron chi connectivity index (χ2n) is 3.71. The maximum atomic E-state index is 11.8. The molecule has 0 saturated heterocycles. The van der Waals surface area contributed by atoms with Crippen molar-refractivity contribution in [1.82, 2.24) is 0 Å². The molecule has 0 amide bonds. The third kappa shape index (κ3) is 3.16. The second kappa shape index (κ2) is 5.95. The largest absolute Gasteiger partial charge is 0.496 e. The van der Waals surface area contributed by atoms with Crippen LogP contribution in [0.3, 0.4) is 0 Å². The minimum Gasteiger partial charge on any atom is -0.496 e.